The summed E-state index contributed by atoms with van der Waals surface area (Å²) >= 11 is 0. The van der Waals surface area contributed by atoms with Crippen LogP contribution in [0.2, 0.25) is 0 Å². The van der Waals surface area contributed by atoms with Gasteiger partial charge in [-0.1, -0.05) is 0 Å². The largest absolute Gasteiger partial charge is 0.363 e. The Balaban J connectivity index is 2.42. The van der Waals surface area contributed by atoms with Gasteiger partial charge < -0.3 is 5.32 Å². The lowest BCUT2D eigenvalue weighted by Gasteiger charge is -2.25. The molecule has 0 aliphatic carbocycles. The van der Waals surface area contributed by atoms with Gasteiger partial charge in [-0.25, -0.2) is 26.8 Å². The van der Waals surface area contributed by atoms with E-state index in [0.29, 0.717) is 12.2 Å². The van der Waals surface area contributed by atoms with Gasteiger partial charge in [0.1, 0.15) is 16.5 Å². The summed E-state index contributed by atoms with van der Waals surface area (Å²) in [5, 5.41) is 2.98. The lowest BCUT2D eigenvalue weighted by Crippen LogP contribution is -2.37. The maximum atomic E-state index is 11.7. The van der Waals surface area contributed by atoms with Crippen LogP contribution in [-0.2, 0) is 19.7 Å². The summed E-state index contributed by atoms with van der Waals surface area (Å²) in [6.07, 6.45) is 2.73. The Labute approximate surface area is 118 Å². The van der Waals surface area contributed by atoms with Crippen molar-refractivity contribution in [1.82, 2.24) is 9.97 Å². The van der Waals surface area contributed by atoms with Crippen molar-refractivity contribution in [2.45, 2.75) is 30.7 Å². The second kappa shape index (κ2) is 4.66. The fourth-order valence-corrected chi connectivity index (χ4v) is 5.00. The van der Waals surface area contributed by atoms with E-state index in [2.05, 4.69) is 15.3 Å². The normalized spacial score (nSPS) is 25.6. The number of sulfone groups is 2. The maximum absolute atomic E-state index is 11.7. The van der Waals surface area contributed by atoms with Crippen LogP contribution >= 0.6 is 0 Å². The van der Waals surface area contributed by atoms with Crippen LogP contribution < -0.4 is 5.32 Å². The molecule has 1 unspecified atom stereocenters. The molecule has 1 aromatic heterocycles. The van der Waals surface area contributed by atoms with Crippen LogP contribution in [0, 0.1) is 6.92 Å². The average molecular weight is 319 g/mol. The predicted octanol–water partition coefficient (Wildman–Crippen LogP) is 0.178. The van der Waals surface area contributed by atoms with Crippen molar-refractivity contribution >= 4 is 25.5 Å². The van der Waals surface area contributed by atoms with Gasteiger partial charge in [-0.15, -0.1) is 0 Å². The molecule has 9 heteroatoms. The highest BCUT2D eigenvalue weighted by Crippen LogP contribution is 2.29. The highest BCUT2D eigenvalue weighted by molar-refractivity contribution is 7.91. The number of hydrogen-bond donors (Lipinski definition) is 1. The van der Waals surface area contributed by atoms with Gasteiger partial charge in [0.05, 0.1) is 23.2 Å². The minimum absolute atomic E-state index is 0.0198. The van der Waals surface area contributed by atoms with Gasteiger partial charge in [-0.05, 0) is 20.3 Å². The maximum Gasteiger partial charge on any atom is 0.180 e. The first-order valence-corrected chi connectivity index (χ1v) is 9.74. The number of aromatic nitrogens is 2. The smallest absolute Gasteiger partial charge is 0.180 e. The molecule has 1 saturated heterocycles. The molecule has 1 aliphatic heterocycles. The molecular weight excluding hydrogens is 302 g/mol. The topological polar surface area (TPSA) is 106 Å². The molecule has 0 amide bonds. The first-order chi connectivity index (χ1) is 9.01. The van der Waals surface area contributed by atoms with Crippen LogP contribution in [0.25, 0.3) is 0 Å². The third-order valence-electron chi connectivity index (χ3n) is 3.20. The van der Waals surface area contributed by atoms with E-state index in [0.717, 1.165) is 6.26 Å². The van der Waals surface area contributed by atoms with Gasteiger partial charge >= 0.3 is 0 Å². The molecule has 2 heterocycles. The van der Waals surface area contributed by atoms with E-state index in [1.54, 1.807) is 13.8 Å². The molecule has 0 spiro atoms. The molecule has 2 rings (SSSR count). The molecule has 7 nitrogen and oxygen atoms in total. The lowest BCUT2D eigenvalue weighted by atomic mass is 10.0. The fraction of sp³-hybridized carbons (Fsp3) is 0.636. The van der Waals surface area contributed by atoms with Crippen LogP contribution in [0.4, 0.5) is 5.82 Å². The van der Waals surface area contributed by atoms with Crippen LogP contribution in [0.1, 0.15) is 19.2 Å². The number of nitrogens with zero attached hydrogens (tertiary/aromatic N) is 2. The quantitative estimate of drug-likeness (QED) is 0.847. The minimum Gasteiger partial charge on any atom is -0.363 e. The Morgan fingerprint density at radius 3 is 2.55 bits per heavy atom. The Morgan fingerprint density at radius 2 is 2.05 bits per heavy atom. The molecular formula is C11H17N3O4S2. The lowest BCUT2D eigenvalue weighted by molar-refractivity contribution is 0.568. The number of rotatable bonds is 3. The van der Waals surface area contributed by atoms with E-state index in [4.69, 9.17) is 0 Å². The van der Waals surface area contributed by atoms with Gasteiger partial charge in [0.25, 0.3) is 0 Å². The molecule has 20 heavy (non-hydrogen) atoms. The SMILES string of the molecule is Cc1ncc(S(C)(=O)=O)c(NC2(C)CCS(=O)(=O)C2)n1. The van der Waals surface area contributed by atoms with Crippen molar-refractivity contribution in [3.05, 3.63) is 12.0 Å². The first kappa shape index (κ1) is 15.2. The Bertz CT molecular complexity index is 743. The van der Waals surface area contributed by atoms with Gasteiger partial charge in [0, 0.05) is 6.26 Å². The standard InChI is InChI=1S/C11H17N3O4S2/c1-8-12-6-9(19(3,15)16)10(13-8)14-11(2)4-5-20(17,18)7-11/h6H,4-5,7H2,1-3H3,(H,12,13,14). The number of anilines is 1. The third kappa shape index (κ3) is 3.26. The predicted molar refractivity (Wildman–Crippen MR) is 75.2 cm³/mol. The van der Waals surface area contributed by atoms with Crippen molar-refractivity contribution in [3.63, 3.8) is 0 Å². The van der Waals surface area contributed by atoms with Gasteiger partial charge in [0.2, 0.25) is 0 Å². The van der Waals surface area contributed by atoms with Crippen LogP contribution in [0.15, 0.2) is 11.1 Å². The molecule has 1 aliphatic rings. The van der Waals surface area contributed by atoms with Crippen molar-refractivity contribution in [2.75, 3.05) is 23.1 Å². The zero-order chi connectivity index (χ0) is 15.2. The zero-order valence-electron chi connectivity index (χ0n) is 11.5. The first-order valence-electron chi connectivity index (χ1n) is 6.03. The van der Waals surface area contributed by atoms with Gasteiger partial charge in [-0.3, -0.25) is 0 Å². The summed E-state index contributed by atoms with van der Waals surface area (Å²) < 4.78 is 46.7. The summed E-state index contributed by atoms with van der Waals surface area (Å²) in [6.45, 7) is 3.39. The van der Waals surface area contributed by atoms with E-state index in [1.165, 1.54) is 6.20 Å². The molecule has 0 radical (unpaired) electrons. The fourth-order valence-electron chi connectivity index (χ4n) is 2.21. The Morgan fingerprint density at radius 1 is 1.40 bits per heavy atom. The summed E-state index contributed by atoms with van der Waals surface area (Å²) in [7, 11) is -6.57. The van der Waals surface area contributed by atoms with E-state index in [9.17, 15) is 16.8 Å². The second-order valence-corrected chi connectivity index (χ2v) is 9.60. The van der Waals surface area contributed by atoms with Crippen molar-refractivity contribution < 1.29 is 16.8 Å². The average Bonchev–Trinajstić information content (AvgIpc) is 2.50. The van der Waals surface area contributed by atoms with E-state index in [1.807, 2.05) is 0 Å². The molecule has 0 bridgehead atoms. The minimum atomic E-state index is -3.48. The molecule has 0 saturated carbocycles. The number of nitrogens with one attached hydrogen (secondary N) is 1. The van der Waals surface area contributed by atoms with Crippen molar-refractivity contribution in [2.24, 2.45) is 0 Å². The molecule has 1 N–H and O–H groups in total. The molecule has 0 aromatic carbocycles. The zero-order valence-corrected chi connectivity index (χ0v) is 13.2. The molecule has 112 valence electrons. The van der Waals surface area contributed by atoms with E-state index in [-0.39, 0.29) is 22.2 Å². The van der Waals surface area contributed by atoms with Crippen LogP contribution in [0.3, 0.4) is 0 Å². The summed E-state index contributed by atoms with van der Waals surface area (Å²) in [4.78, 5) is 7.96. The summed E-state index contributed by atoms with van der Waals surface area (Å²) in [6, 6.07) is 0. The van der Waals surface area contributed by atoms with Crippen molar-refractivity contribution in [1.29, 1.82) is 0 Å². The third-order valence-corrected chi connectivity index (χ3v) is 6.20. The summed E-state index contributed by atoms with van der Waals surface area (Å²) in [5.41, 5.74) is -0.709. The number of hydrogen-bond acceptors (Lipinski definition) is 7. The summed E-state index contributed by atoms with van der Waals surface area (Å²) in [5.74, 6) is 0.644. The highest BCUT2D eigenvalue weighted by atomic mass is 32.2. The number of aryl methyl sites for hydroxylation is 1. The van der Waals surface area contributed by atoms with Crippen molar-refractivity contribution in [3.8, 4) is 0 Å². The molecule has 1 atom stereocenters. The van der Waals surface area contributed by atoms with Gasteiger partial charge in [0.15, 0.2) is 19.7 Å². The van der Waals surface area contributed by atoms with Crippen LogP contribution in [-0.4, -0.2) is 50.1 Å². The van der Waals surface area contributed by atoms with E-state index >= 15 is 0 Å². The van der Waals surface area contributed by atoms with Crippen LogP contribution in [0.5, 0.6) is 0 Å². The highest BCUT2D eigenvalue weighted by Gasteiger charge is 2.39. The Kier molecular flexibility index (Phi) is 3.53. The van der Waals surface area contributed by atoms with E-state index < -0.39 is 25.2 Å². The second-order valence-electron chi connectivity index (χ2n) is 5.43. The monoisotopic (exact) mass is 319 g/mol. The molecule has 1 fully saturated rings. The van der Waals surface area contributed by atoms with Gasteiger partial charge in [-0.2, -0.15) is 0 Å². The Hall–Kier alpha value is -1.22. The molecule has 1 aromatic rings.